The molecule has 2 saturated heterocycles. The molecule has 2 aliphatic rings. The Labute approximate surface area is 143 Å². The van der Waals surface area contributed by atoms with Gasteiger partial charge in [-0.1, -0.05) is 12.1 Å². The first-order valence-corrected chi connectivity index (χ1v) is 8.40. The number of carbonyl (C=O) groups is 1. The molecule has 3 heterocycles. The van der Waals surface area contributed by atoms with Crippen molar-refractivity contribution < 1.29 is 18.0 Å². The summed E-state index contributed by atoms with van der Waals surface area (Å²) in [6, 6.07) is 5.53. The van der Waals surface area contributed by atoms with Gasteiger partial charge >= 0.3 is 6.18 Å². The number of rotatable bonds is 1. The van der Waals surface area contributed by atoms with E-state index in [0.717, 1.165) is 25.5 Å². The third-order valence-corrected chi connectivity index (χ3v) is 5.26. The standard InChI is InChI=1S/C18H18F3N3O/c1-11-17(25)23-9-3-4-12(23)10-24(11)15-7-8-22-16-13(15)5-2-6-14(16)18(19,20)21/h2,5-8,11-12H,3-4,9-10H2,1H3/t11-,12-/m0/s1. The summed E-state index contributed by atoms with van der Waals surface area (Å²) < 4.78 is 39.9. The lowest BCUT2D eigenvalue weighted by Gasteiger charge is -2.43. The molecule has 4 rings (SSSR count). The van der Waals surface area contributed by atoms with E-state index < -0.39 is 17.8 Å². The van der Waals surface area contributed by atoms with E-state index in [4.69, 9.17) is 0 Å². The van der Waals surface area contributed by atoms with Crippen LogP contribution in [0.4, 0.5) is 18.9 Å². The van der Waals surface area contributed by atoms with Crippen LogP contribution < -0.4 is 4.90 Å². The summed E-state index contributed by atoms with van der Waals surface area (Å²) in [7, 11) is 0. The predicted molar refractivity (Wildman–Crippen MR) is 88.3 cm³/mol. The van der Waals surface area contributed by atoms with Crippen LogP contribution in [0, 0.1) is 0 Å². The molecule has 0 unspecified atom stereocenters. The van der Waals surface area contributed by atoms with Gasteiger partial charge in [-0.3, -0.25) is 9.78 Å². The maximum absolute atomic E-state index is 13.3. The number of fused-ring (bicyclic) bond motifs is 2. The van der Waals surface area contributed by atoms with E-state index in [1.807, 2.05) is 16.7 Å². The number of anilines is 1. The van der Waals surface area contributed by atoms with Crippen molar-refractivity contribution >= 4 is 22.5 Å². The van der Waals surface area contributed by atoms with E-state index in [-0.39, 0.29) is 17.5 Å². The SMILES string of the molecule is C[C@H]1C(=O)N2CCC[C@H]2CN1c1ccnc2c(C(F)(F)F)cccc12. The van der Waals surface area contributed by atoms with Crippen molar-refractivity contribution in [2.45, 2.75) is 38.0 Å². The Morgan fingerprint density at radius 1 is 1.20 bits per heavy atom. The molecular weight excluding hydrogens is 331 g/mol. The van der Waals surface area contributed by atoms with E-state index in [0.29, 0.717) is 17.6 Å². The van der Waals surface area contributed by atoms with Crippen LogP contribution in [-0.2, 0) is 11.0 Å². The lowest BCUT2D eigenvalue weighted by molar-refractivity contribution is -0.136. The van der Waals surface area contributed by atoms with Crippen molar-refractivity contribution in [2.24, 2.45) is 0 Å². The van der Waals surface area contributed by atoms with Gasteiger partial charge in [-0.25, -0.2) is 0 Å². The van der Waals surface area contributed by atoms with E-state index >= 15 is 0 Å². The number of piperazine rings is 1. The van der Waals surface area contributed by atoms with Gasteiger partial charge in [-0.15, -0.1) is 0 Å². The average molecular weight is 349 g/mol. The Balaban J connectivity index is 1.83. The summed E-state index contributed by atoms with van der Waals surface area (Å²) in [6.07, 6.45) is -1.15. The molecule has 0 spiro atoms. The van der Waals surface area contributed by atoms with E-state index in [1.54, 1.807) is 12.1 Å². The van der Waals surface area contributed by atoms with Crippen molar-refractivity contribution in [3.05, 3.63) is 36.0 Å². The van der Waals surface area contributed by atoms with Crippen molar-refractivity contribution in [3.8, 4) is 0 Å². The normalized spacial score (nSPS) is 24.1. The topological polar surface area (TPSA) is 36.4 Å². The van der Waals surface area contributed by atoms with Gasteiger partial charge in [-0.05, 0) is 31.9 Å². The first-order valence-electron chi connectivity index (χ1n) is 8.40. The van der Waals surface area contributed by atoms with Crippen LogP contribution in [0.25, 0.3) is 10.9 Å². The minimum atomic E-state index is -4.46. The summed E-state index contributed by atoms with van der Waals surface area (Å²) in [5.74, 6) is 0.0469. The number of halogens is 3. The van der Waals surface area contributed by atoms with Crippen LogP contribution in [0.5, 0.6) is 0 Å². The molecule has 1 aromatic heterocycles. The summed E-state index contributed by atoms with van der Waals surface area (Å²) in [4.78, 5) is 20.5. The number of hydrogen-bond donors (Lipinski definition) is 0. The number of alkyl halides is 3. The van der Waals surface area contributed by atoms with Crippen LogP contribution in [0.2, 0.25) is 0 Å². The number of para-hydroxylation sites is 1. The molecule has 2 aromatic rings. The van der Waals surface area contributed by atoms with Crippen LogP contribution >= 0.6 is 0 Å². The fourth-order valence-corrected chi connectivity index (χ4v) is 4.02. The molecule has 25 heavy (non-hydrogen) atoms. The number of aromatic nitrogens is 1. The Hall–Kier alpha value is -2.31. The monoisotopic (exact) mass is 349 g/mol. The molecule has 1 aromatic carbocycles. The van der Waals surface area contributed by atoms with Gasteiger partial charge in [0, 0.05) is 36.4 Å². The number of benzene rings is 1. The van der Waals surface area contributed by atoms with Gasteiger partial charge in [0.2, 0.25) is 5.91 Å². The van der Waals surface area contributed by atoms with Gasteiger partial charge in [0.1, 0.15) is 6.04 Å². The maximum atomic E-state index is 13.3. The quantitative estimate of drug-likeness (QED) is 0.791. The molecule has 2 aliphatic heterocycles. The smallest absolute Gasteiger partial charge is 0.357 e. The van der Waals surface area contributed by atoms with E-state index in [2.05, 4.69) is 4.98 Å². The summed E-state index contributed by atoms with van der Waals surface area (Å²) >= 11 is 0. The summed E-state index contributed by atoms with van der Waals surface area (Å²) in [5, 5.41) is 0.434. The van der Waals surface area contributed by atoms with Crippen molar-refractivity contribution in [2.75, 3.05) is 18.0 Å². The number of amides is 1. The van der Waals surface area contributed by atoms with Crippen LogP contribution in [0.15, 0.2) is 30.5 Å². The molecule has 7 heteroatoms. The number of pyridine rings is 1. The van der Waals surface area contributed by atoms with Gasteiger partial charge in [-0.2, -0.15) is 13.2 Å². The molecule has 2 atom stereocenters. The molecule has 132 valence electrons. The molecule has 0 aliphatic carbocycles. The maximum Gasteiger partial charge on any atom is 0.418 e. The molecule has 0 N–H and O–H groups in total. The first-order chi connectivity index (χ1) is 11.9. The lowest BCUT2D eigenvalue weighted by Crippen LogP contribution is -2.58. The zero-order valence-electron chi connectivity index (χ0n) is 13.8. The minimum Gasteiger partial charge on any atom is -0.357 e. The third-order valence-electron chi connectivity index (χ3n) is 5.26. The van der Waals surface area contributed by atoms with Gasteiger partial charge in [0.05, 0.1) is 11.1 Å². The summed E-state index contributed by atoms with van der Waals surface area (Å²) in [5.41, 5.74) is -0.171. The molecule has 4 nitrogen and oxygen atoms in total. The first kappa shape index (κ1) is 16.2. The number of nitrogens with zero attached hydrogens (tertiary/aromatic N) is 3. The second-order valence-electron chi connectivity index (χ2n) is 6.69. The van der Waals surface area contributed by atoms with E-state index in [9.17, 15) is 18.0 Å². The van der Waals surface area contributed by atoms with Gasteiger partial charge < -0.3 is 9.80 Å². The molecule has 1 amide bonds. The second kappa shape index (κ2) is 5.61. The highest BCUT2D eigenvalue weighted by Gasteiger charge is 2.41. The highest BCUT2D eigenvalue weighted by molar-refractivity contribution is 5.97. The molecule has 0 saturated carbocycles. The molecule has 2 fully saturated rings. The second-order valence-corrected chi connectivity index (χ2v) is 6.69. The fourth-order valence-electron chi connectivity index (χ4n) is 4.02. The van der Waals surface area contributed by atoms with E-state index in [1.165, 1.54) is 12.3 Å². The zero-order valence-corrected chi connectivity index (χ0v) is 13.8. The predicted octanol–water partition coefficient (Wildman–Crippen LogP) is 3.45. The molecular formula is C18H18F3N3O. The van der Waals surface area contributed by atoms with Gasteiger partial charge in [0.15, 0.2) is 0 Å². The van der Waals surface area contributed by atoms with Crippen molar-refractivity contribution in [1.82, 2.24) is 9.88 Å². The fraction of sp³-hybridized carbons (Fsp3) is 0.444. The number of carbonyl (C=O) groups excluding carboxylic acids is 1. The Morgan fingerprint density at radius 3 is 2.76 bits per heavy atom. The highest BCUT2D eigenvalue weighted by atomic mass is 19.4. The highest BCUT2D eigenvalue weighted by Crippen LogP contribution is 2.38. The lowest BCUT2D eigenvalue weighted by atomic mass is 10.0. The minimum absolute atomic E-state index is 0.0469. The molecule has 0 radical (unpaired) electrons. The van der Waals surface area contributed by atoms with Crippen LogP contribution in [0.1, 0.15) is 25.3 Å². The Morgan fingerprint density at radius 2 is 2.00 bits per heavy atom. The van der Waals surface area contributed by atoms with Crippen LogP contribution in [-0.4, -0.2) is 41.0 Å². The average Bonchev–Trinajstić information content (AvgIpc) is 3.05. The van der Waals surface area contributed by atoms with Gasteiger partial charge in [0.25, 0.3) is 0 Å². The van der Waals surface area contributed by atoms with Crippen molar-refractivity contribution in [3.63, 3.8) is 0 Å². The van der Waals surface area contributed by atoms with Crippen LogP contribution in [0.3, 0.4) is 0 Å². The zero-order chi connectivity index (χ0) is 17.8. The largest absolute Gasteiger partial charge is 0.418 e. The Bertz CT molecular complexity index is 836. The summed E-state index contributed by atoms with van der Waals surface area (Å²) in [6.45, 7) is 3.23. The molecule has 0 bridgehead atoms. The van der Waals surface area contributed by atoms with Crippen molar-refractivity contribution in [1.29, 1.82) is 0 Å². The number of hydrogen-bond acceptors (Lipinski definition) is 3. The third kappa shape index (κ3) is 2.53. The Kier molecular flexibility index (Phi) is 3.63.